The van der Waals surface area contributed by atoms with Gasteiger partial charge in [0.2, 0.25) is 5.91 Å². The number of sulfone groups is 1. The number of anilines is 4. The number of carbonyl (C=O) groups is 1. The number of fused-ring (bicyclic) bond motifs is 1. The average molecular weight is 531 g/mol. The number of amides is 1. The molecule has 1 N–H and O–H groups in total. The summed E-state index contributed by atoms with van der Waals surface area (Å²) in [4.78, 5) is 21.9. The quantitative estimate of drug-likeness (QED) is 0.602. The number of methoxy groups -OCH3 is 1. The van der Waals surface area contributed by atoms with Crippen molar-refractivity contribution in [3.05, 3.63) is 30.3 Å². The molecule has 0 aliphatic carbocycles. The van der Waals surface area contributed by atoms with Crippen LogP contribution in [0.5, 0.6) is 5.75 Å². The number of hydrogen-bond donors (Lipinski definition) is 1. The van der Waals surface area contributed by atoms with Crippen LogP contribution in [-0.4, -0.2) is 77.2 Å². The van der Waals surface area contributed by atoms with E-state index in [1.165, 1.54) is 0 Å². The summed E-state index contributed by atoms with van der Waals surface area (Å²) in [6, 6.07) is 8.31. The Morgan fingerprint density at radius 1 is 1.03 bits per heavy atom. The maximum Gasteiger partial charge on any atom is 0.249 e. The van der Waals surface area contributed by atoms with Crippen LogP contribution in [0.2, 0.25) is 0 Å². The zero-order chi connectivity index (χ0) is 26.2. The van der Waals surface area contributed by atoms with Gasteiger partial charge in [0.25, 0.3) is 0 Å². The number of carbonyl (C=O) groups excluding carboxylic acids is 1. The molecule has 3 aliphatic heterocycles. The SMILES string of the molecule is COc1ccc(S(=O)(=O)C2CCOCC2)cc1Nc1ccc2c(n1)N(C1CCOCC1)[C@H](C)C(=O)N2C. The van der Waals surface area contributed by atoms with Crippen molar-refractivity contribution in [2.45, 2.75) is 54.8 Å². The van der Waals surface area contributed by atoms with Crippen molar-refractivity contribution < 1.29 is 27.4 Å². The van der Waals surface area contributed by atoms with Crippen molar-refractivity contribution in [2.24, 2.45) is 0 Å². The molecule has 1 amide bonds. The Bertz CT molecular complexity index is 1260. The van der Waals surface area contributed by atoms with Gasteiger partial charge in [-0.15, -0.1) is 0 Å². The normalized spacial score (nSPS) is 21.6. The molecule has 0 radical (unpaired) electrons. The molecule has 0 unspecified atom stereocenters. The molecule has 0 spiro atoms. The van der Waals surface area contributed by atoms with Crippen molar-refractivity contribution >= 4 is 38.8 Å². The Hall–Kier alpha value is -2.89. The summed E-state index contributed by atoms with van der Waals surface area (Å²) in [5.74, 6) is 1.78. The zero-order valence-electron chi connectivity index (χ0n) is 21.5. The number of likely N-dealkylation sites (N-methyl/N-ethyl adjacent to an activating group) is 1. The summed E-state index contributed by atoms with van der Waals surface area (Å²) in [7, 11) is -0.211. The van der Waals surface area contributed by atoms with E-state index in [4.69, 9.17) is 19.2 Å². The van der Waals surface area contributed by atoms with Crippen molar-refractivity contribution in [3.63, 3.8) is 0 Å². The Morgan fingerprint density at radius 2 is 1.70 bits per heavy atom. The summed E-state index contributed by atoms with van der Waals surface area (Å²) >= 11 is 0. The van der Waals surface area contributed by atoms with E-state index in [0.29, 0.717) is 56.5 Å². The second-order valence-electron chi connectivity index (χ2n) is 9.71. The number of pyridine rings is 1. The van der Waals surface area contributed by atoms with Crippen LogP contribution in [0.25, 0.3) is 0 Å². The van der Waals surface area contributed by atoms with Gasteiger partial charge in [-0.3, -0.25) is 4.79 Å². The van der Waals surface area contributed by atoms with E-state index in [2.05, 4.69) is 10.2 Å². The molecule has 3 aliphatic rings. The number of nitrogens with zero attached hydrogens (tertiary/aromatic N) is 3. The summed E-state index contributed by atoms with van der Waals surface area (Å²) in [5, 5.41) is 2.81. The largest absolute Gasteiger partial charge is 0.495 e. The second-order valence-corrected chi connectivity index (χ2v) is 11.9. The van der Waals surface area contributed by atoms with Crippen LogP contribution in [0.3, 0.4) is 0 Å². The summed E-state index contributed by atoms with van der Waals surface area (Å²) in [6.45, 7) is 4.10. The predicted octanol–water partition coefficient (Wildman–Crippen LogP) is 3.14. The lowest BCUT2D eigenvalue weighted by molar-refractivity contribution is -0.119. The number of ether oxygens (including phenoxy) is 3. The highest BCUT2D eigenvalue weighted by molar-refractivity contribution is 7.92. The van der Waals surface area contributed by atoms with Crippen LogP contribution in [0.15, 0.2) is 35.2 Å². The van der Waals surface area contributed by atoms with Crippen LogP contribution >= 0.6 is 0 Å². The first-order valence-electron chi connectivity index (χ1n) is 12.7. The molecule has 0 bridgehead atoms. The van der Waals surface area contributed by atoms with E-state index in [9.17, 15) is 13.2 Å². The first-order chi connectivity index (χ1) is 17.8. The smallest absolute Gasteiger partial charge is 0.249 e. The van der Waals surface area contributed by atoms with E-state index in [0.717, 1.165) is 24.3 Å². The molecule has 0 saturated carbocycles. The molecule has 4 heterocycles. The van der Waals surface area contributed by atoms with E-state index in [-0.39, 0.29) is 22.9 Å². The number of aromatic nitrogens is 1. The number of hydrogen-bond acceptors (Lipinski definition) is 9. The fourth-order valence-electron chi connectivity index (χ4n) is 5.39. The van der Waals surface area contributed by atoms with Gasteiger partial charge in [0.1, 0.15) is 17.6 Å². The number of benzene rings is 1. The lowest BCUT2D eigenvalue weighted by Gasteiger charge is -2.44. The average Bonchev–Trinajstić information content (AvgIpc) is 2.93. The predicted molar refractivity (Wildman–Crippen MR) is 141 cm³/mol. The van der Waals surface area contributed by atoms with Gasteiger partial charge >= 0.3 is 0 Å². The van der Waals surface area contributed by atoms with Crippen molar-refractivity contribution in [3.8, 4) is 5.75 Å². The van der Waals surface area contributed by atoms with Gasteiger partial charge in [0, 0.05) is 39.5 Å². The van der Waals surface area contributed by atoms with Gasteiger partial charge in [-0.25, -0.2) is 13.4 Å². The van der Waals surface area contributed by atoms with Crippen LogP contribution in [-0.2, 0) is 24.1 Å². The first-order valence-corrected chi connectivity index (χ1v) is 14.3. The van der Waals surface area contributed by atoms with Crippen LogP contribution in [0, 0.1) is 0 Å². The fourth-order valence-corrected chi connectivity index (χ4v) is 7.13. The Labute approximate surface area is 217 Å². The van der Waals surface area contributed by atoms with Gasteiger partial charge < -0.3 is 29.3 Å². The molecular weight excluding hydrogens is 496 g/mol. The fraction of sp³-hybridized carbons (Fsp3) is 0.538. The molecule has 200 valence electrons. The first kappa shape index (κ1) is 25.7. The molecular formula is C26H34N4O6S. The molecule has 1 aromatic carbocycles. The summed E-state index contributed by atoms with van der Waals surface area (Å²) < 4.78 is 43.0. The maximum atomic E-state index is 13.3. The number of rotatable bonds is 6. The summed E-state index contributed by atoms with van der Waals surface area (Å²) in [5.41, 5.74) is 1.25. The maximum absolute atomic E-state index is 13.3. The van der Waals surface area contributed by atoms with Crippen molar-refractivity contribution in [1.29, 1.82) is 0 Å². The third-order valence-electron chi connectivity index (χ3n) is 7.52. The van der Waals surface area contributed by atoms with E-state index >= 15 is 0 Å². The topological polar surface area (TPSA) is 110 Å². The van der Waals surface area contributed by atoms with Crippen LogP contribution < -0.4 is 19.9 Å². The Kier molecular flexibility index (Phi) is 7.28. The highest BCUT2D eigenvalue weighted by atomic mass is 32.2. The number of nitrogens with one attached hydrogen (secondary N) is 1. The van der Waals surface area contributed by atoms with Crippen molar-refractivity contribution in [2.75, 3.05) is 55.7 Å². The van der Waals surface area contributed by atoms with Crippen LogP contribution in [0.4, 0.5) is 23.0 Å². The molecule has 2 saturated heterocycles. The summed E-state index contributed by atoms with van der Waals surface area (Å²) in [6.07, 6.45) is 2.60. The molecule has 1 atom stereocenters. The molecule has 5 rings (SSSR count). The van der Waals surface area contributed by atoms with Crippen molar-refractivity contribution in [1.82, 2.24) is 4.98 Å². The molecule has 1 aromatic heterocycles. The molecule has 2 fully saturated rings. The third kappa shape index (κ3) is 4.87. The van der Waals surface area contributed by atoms with E-state index in [1.54, 1.807) is 43.3 Å². The van der Waals surface area contributed by atoms with Gasteiger partial charge in [-0.05, 0) is 62.9 Å². The highest BCUT2D eigenvalue weighted by Crippen LogP contribution is 2.39. The van der Waals surface area contributed by atoms with Gasteiger partial charge in [0.15, 0.2) is 15.7 Å². The van der Waals surface area contributed by atoms with Crippen LogP contribution in [0.1, 0.15) is 32.6 Å². The Balaban J connectivity index is 1.49. The molecule has 2 aromatic rings. The third-order valence-corrected chi connectivity index (χ3v) is 9.78. The van der Waals surface area contributed by atoms with E-state index < -0.39 is 15.1 Å². The minimum atomic E-state index is -3.52. The van der Waals surface area contributed by atoms with Gasteiger partial charge in [0.05, 0.1) is 28.6 Å². The molecule has 10 nitrogen and oxygen atoms in total. The highest BCUT2D eigenvalue weighted by Gasteiger charge is 2.39. The standard InChI is InChI=1S/C26H34N4O6S/c1-17-26(31)29(2)22-5-7-24(28-25(22)30(17)18-8-12-35-13-9-18)27-21-16-20(4-6-23(21)34-3)37(32,33)19-10-14-36-15-11-19/h4-7,16-19H,8-15H2,1-3H3,(H,27,28)/t17-/m1/s1. The Morgan fingerprint density at radius 3 is 2.38 bits per heavy atom. The van der Waals surface area contributed by atoms with Gasteiger partial charge in [-0.2, -0.15) is 0 Å². The minimum absolute atomic E-state index is 0.0224. The van der Waals surface area contributed by atoms with E-state index in [1.807, 2.05) is 13.0 Å². The zero-order valence-corrected chi connectivity index (χ0v) is 22.3. The lowest BCUT2D eigenvalue weighted by atomic mass is 10.0. The molecule has 11 heteroatoms. The lowest BCUT2D eigenvalue weighted by Crippen LogP contribution is -2.56. The minimum Gasteiger partial charge on any atom is -0.495 e. The monoisotopic (exact) mass is 530 g/mol. The molecule has 37 heavy (non-hydrogen) atoms. The second kappa shape index (κ2) is 10.5. The van der Waals surface area contributed by atoms with Gasteiger partial charge in [-0.1, -0.05) is 0 Å².